The molecule has 2 aliphatic heterocycles. The number of amides is 1. The number of fused-ring (bicyclic) bond motifs is 3. The van der Waals surface area contributed by atoms with E-state index in [1.807, 2.05) is 0 Å². The third kappa shape index (κ3) is 6.04. The van der Waals surface area contributed by atoms with Crippen LogP contribution in [-0.2, 0) is 23.0 Å². The van der Waals surface area contributed by atoms with Crippen molar-refractivity contribution in [3.8, 4) is 5.75 Å². The van der Waals surface area contributed by atoms with Crippen molar-refractivity contribution in [2.24, 2.45) is 0 Å². The minimum atomic E-state index is -3.87. The fraction of sp³-hybridized carbons (Fsp3) is 0.393. The summed E-state index contributed by atoms with van der Waals surface area (Å²) in [5.74, 6) is -3.46. The molecule has 14 heteroatoms. The van der Waals surface area contributed by atoms with Crippen molar-refractivity contribution in [2.75, 3.05) is 47.5 Å². The van der Waals surface area contributed by atoms with Crippen molar-refractivity contribution in [3.63, 3.8) is 0 Å². The number of alkyl halides is 2. The zero-order chi connectivity index (χ0) is 30.2. The summed E-state index contributed by atoms with van der Waals surface area (Å²) in [6.07, 6.45) is -2.34. The number of aryl methyl sites for hydroxylation is 1. The number of ether oxygens (including phenoxy) is 1. The molecule has 1 fully saturated rings. The smallest absolute Gasteiger partial charge is 0.269 e. The number of carbonyl (C=O) groups is 1. The molecule has 0 bridgehead atoms. The lowest BCUT2D eigenvalue weighted by Gasteiger charge is -2.31. The van der Waals surface area contributed by atoms with Gasteiger partial charge in [-0.15, -0.1) is 0 Å². The lowest BCUT2D eigenvalue weighted by atomic mass is 10.0. The van der Waals surface area contributed by atoms with Crippen LogP contribution in [0.3, 0.4) is 0 Å². The highest BCUT2D eigenvalue weighted by atomic mass is 32.2. The van der Waals surface area contributed by atoms with Crippen molar-refractivity contribution >= 4 is 43.9 Å². The number of aliphatic hydroxyl groups is 1. The van der Waals surface area contributed by atoms with Crippen LogP contribution in [0.2, 0.25) is 0 Å². The summed E-state index contributed by atoms with van der Waals surface area (Å²) >= 11 is 0. The molecule has 1 aromatic heterocycles. The summed E-state index contributed by atoms with van der Waals surface area (Å²) in [6, 6.07) is 9.14. The second-order valence-electron chi connectivity index (χ2n) is 10.3. The quantitative estimate of drug-likeness (QED) is 0.311. The van der Waals surface area contributed by atoms with Crippen molar-refractivity contribution in [1.82, 2.24) is 4.57 Å². The number of nitrogens with zero attached hydrogens (tertiary/aromatic N) is 2. The monoisotopic (exact) mass is 610 g/mol. The summed E-state index contributed by atoms with van der Waals surface area (Å²) in [5, 5.41) is 12.4. The Kier molecular flexibility index (Phi) is 8.12. The number of nitrogens with one attached hydrogen (secondary N) is 2. The Morgan fingerprint density at radius 1 is 1.10 bits per heavy atom. The maximum atomic E-state index is 14.2. The van der Waals surface area contributed by atoms with Crippen LogP contribution in [0.25, 0.3) is 10.9 Å². The van der Waals surface area contributed by atoms with E-state index in [4.69, 9.17) is 9.84 Å². The van der Waals surface area contributed by atoms with Gasteiger partial charge in [-0.25, -0.2) is 17.2 Å². The van der Waals surface area contributed by atoms with Gasteiger partial charge < -0.3 is 24.6 Å². The zero-order valence-corrected chi connectivity index (χ0v) is 23.5. The number of rotatable bonds is 8. The molecule has 9 nitrogen and oxygen atoms in total. The van der Waals surface area contributed by atoms with E-state index < -0.39 is 46.7 Å². The van der Waals surface area contributed by atoms with E-state index >= 15 is 0 Å². The van der Waals surface area contributed by atoms with Crippen molar-refractivity contribution < 1.29 is 40.6 Å². The maximum Gasteiger partial charge on any atom is 0.269 e. The molecule has 0 saturated carbocycles. The second-order valence-corrected chi connectivity index (χ2v) is 12.2. The van der Waals surface area contributed by atoms with Crippen LogP contribution in [0.1, 0.15) is 35.3 Å². The van der Waals surface area contributed by atoms with Crippen molar-refractivity contribution in [3.05, 3.63) is 59.3 Å². The van der Waals surface area contributed by atoms with Crippen LogP contribution in [0, 0.1) is 0 Å². The first-order valence-electron chi connectivity index (χ1n) is 13.3. The molecule has 0 atom stereocenters. The highest BCUT2D eigenvalue weighted by Crippen LogP contribution is 2.40. The Labute approximate surface area is 239 Å². The number of piperidine rings is 1. The molecule has 3 aromatic rings. The zero-order valence-electron chi connectivity index (χ0n) is 22.7. The number of benzene rings is 2. The van der Waals surface area contributed by atoms with E-state index in [2.05, 4.69) is 10.0 Å². The number of sulfonamides is 1. The van der Waals surface area contributed by atoms with Gasteiger partial charge >= 0.3 is 0 Å². The molecular formula is C28H30F4N4O5S. The molecule has 0 radical (unpaired) electrons. The standard InChI is InChI=1S/C28H30F4N4O5S/c1-41-24-5-4-22(21-15-19-16-28(31,32)8-11-36(19)25(21)24)33-27(38)20-3-2-18(34-42(39,40)13-12-37)14-23(20)35-9-6-17(7-10-35)26(29)30/h2-5,14-15,34,37H,6-13,16H2,1H3,(H,33,38). The van der Waals surface area contributed by atoms with Crippen LogP contribution in [0.5, 0.6) is 5.75 Å². The predicted molar refractivity (Wildman–Crippen MR) is 151 cm³/mol. The van der Waals surface area contributed by atoms with Crippen molar-refractivity contribution in [1.29, 1.82) is 0 Å². The molecule has 1 saturated heterocycles. The largest absolute Gasteiger partial charge is 0.495 e. The Hall–Kier alpha value is -3.78. The number of hydrogen-bond acceptors (Lipinski definition) is 6. The van der Waals surface area contributed by atoms with E-state index in [0.29, 0.717) is 33.7 Å². The van der Waals surface area contributed by atoms with E-state index in [9.17, 15) is 30.8 Å². The molecule has 3 N–H and O–H groups in total. The highest BCUT2D eigenvalue weighted by molar-refractivity contribution is 7.92. The van der Waals surface area contributed by atoms with Gasteiger partial charge in [-0.3, -0.25) is 9.52 Å². The third-order valence-electron chi connectivity index (χ3n) is 7.57. The first kappa shape index (κ1) is 29.7. The summed E-state index contributed by atoms with van der Waals surface area (Å²) in [5.41, 5.74) is 2.02. The number of halogens is 4. The number of methoxy groups -OCH3 is 1. The van der Waals surface area contributed by atoms with Crippen LogP contribution < -0.4 is 19.7 Å². The third-order valence-corrected chi connectivity index (χ3v) is 8.83. The van der Waals surface area contributed by atoms with E-state index in [1.165, 1.54) is 25.3 Å². The van der Waals surface area contributed by atoms with Gasteiger partial charge in [0.15, 0.2) is 0 Å². The normalized spacial score (nSPS) is 16.7. The molecule has 5 rings (SSSR count). The Morgan fingerprint density at radius 3 is 2.50 bits per heavy atom. The molecule has 0 aliphatic carbocycles. The fourth-order valence-electron chi connectivity index (χ4n) is 5.50. The Bertz CT molecular complexity index is 1660. The van der Waals surface area contributed by atoms with Gasteiger partial charge in [0.1, 0.15) is 5.75 Å². The van der Waals surface area contributed by atoms with Gasteiger partial charge in [-0.1, -0.05) is 0 Å². The lowest BCUT2D eigenvalue weighted by Crippen LogP contribution is -2.32. The number of carbonyl (C=O) groups excluding carboxylic acids is 1. The molecular weight excluding hydrogens is 580 g/mol. The summed E-state index contributed by atoms with van der Waals surface area (Å²) < 4.78 is 88.8. The molecule has 2 aliphatic rings. The minimum Gasteiger partial charge on any atom is -0.495 e. The summed E-state index contributed by atoms with van der Waals surface area (Å²) in [6.45, 7) is -0.154. The van der Waals surface area contributed by atoms with Gasteiger partial charge in [0, 0.05) is 37.1 Å². The number of anilines is 3. The van der Waals surface area contributed by atoms with Gasteiger partial charge in [0.2, 0.25) is 10.0 Å². The average Bonchev–Trinajstić information content (AvgIpc) is 3.31. The maximum absolute atomic E-state index is 14.2. The topological polar surface area (TPSA) is 113 Å². The molecule has 3 heterocycles. The molecule has 0 unspecified atom stereocenters. The summed E-state index contributed by atoms with van der Waals surface area (Å²) in [7, 11) is -2.39. The van der Waals surface area contributed by atoms with Crippen LogP contribution >= 0.6 is 0 Å². The SMILES string of the molecule is COc1ccc(NC(=O)c2ccc(NS(=O)(=O)CCO)cc2N2CCC(=C(F)F)CC2)c2cc3n(c12)CCC(F)(F)C3. The lowest BCUT2D eigenvalue weighted by molar-refractivity contribution is -0.0219. The van der Waals surface area contributed by atoms with Crippen molar-refractivity contribution in [2.45, 2.75) is 38.2 Å². The fourth-order valence-corrected chi connectivity index (χ4v) is 6.33. The highest BCUT2D eigenvalue weighted by Gasteiger charge is 2.36. The Morgan fingerprint density at radius 2 is 1.83 bits per heavy atom. The average molecular weight is 611 g/mol. The molecule has 42 heavy (non-hydrogen) atoms. The first-order chi connectivity index (χ1) is 19.9. The van der Waals surface area contributed by atoms with E-state index in [1.54, 1.807) is 27.7 Å². The minimum absolute atomic E-state index is 0.0286. The Balaban J connectivity index is 1.51. The number of aliphatic hydroxyl groups excluding tert-OH is 1. The van der Waals surface area contributed by atoms with Crippen LogP contribution in [0.15, 0.2) is 48.1 Å². The predicted octanol–water partition coefficient (Wildman–Crippen LogP) is 4.97. The molecule has 0 spiro atoms. The van der Waals surface area contributed by atoms with E-state index in [-0.39, 0.29) is 55.7 Å². The van der Waals surface area contributed by atoms with E-state index in [0.717, 1.165) is 0 Å². The number of hydrogen-bond donors (Lipinski definition) is 3. The van der Waals surface area contributed by atoms with Gasteiger partial charge in [-0.2, -0.15) is 8.78 Å². The van der Waals surface area contributed by atoms with Gasteiger partial charge in [0.05, 0.1) is 54.0 Å². The van der Waals surface area contributed by atoms with Gasteiger partial charge in [-0.05, 0) is 54.8 Å². The van der Waals surface area contributed by atoms with Crippen LogP contribution in [-0.4, -0.2) is 62.5 Å². The summed E-state index contributed by atoms with van der Waals surface area (Å²) in [4.78, 5) is 15.4. The molecule has 1 amide bonds. The molecule has 226 valence electrons. The molecule has 2 aromatic carbocycles. The van der Waals surface area contributed by atoms with Gasteiger partial charge in [0.25, 0.3) is 17.9 Å². The first-order valence-corrected chi connectivity index (χ1v) is 15.0. The van der Waals surface area contributed by atoms with Crippen LogP contribution in [0.4, 0.5) is 34.6 Å². The second kappa shape index (κ2) is 11.5. The number of aromatic nitrogens is 1.